The number of carbonyl (C=O) groups is 1. The van der Waals surface area contributed by atoms with E-state index in [0.29, 0.717) is 5.92 Å². The highest BCUT2D eigenvalue weighted by atomic mass is 16.2. The van der Waals surface area contributed by atoms with Gasteiger partial charge in [-0.1, -0.05) is 13.8 Å². The lowest BCUT2D eigenvalue weighted by Gasteiger charge is -2.15. The molecule has 3 nitrogen and oxygen atoms in total. The Hall–Kier alpha value is -0.570. The van der Waals surface area contributed by atoms with Crippen LogP contribution in [0.5, 0.6) is 0 Å². The molecule has 0 aliphatic carbocycles. The zero-order valence-electron chi connectivity index (χ0n) is 7.77. The van der Waals surface area contributed by atoms with Crippen molar-refractivity contribution in [1.82, 2.24) is 10.6 Å². The standard InChI is InChI=1S/C8H18N2O/c1-6(2)5-7(9-3)8(11)10-4/h6-7,9H,5H2,1-4H3,(H,10,11)/t7-/m0/s1. The summed E-state index contributed by atoms with van der Waals surface area (Å²) in [6, 6.07) is -0.0417. The zero-order valence-corrected chi connectivity index (χ0v) is 7.77. The van der Waals surface area contributed by atoms with Gasteiger partial charge in [-0.3, -0.25) is 4.79 Å². The van der Waals surface area contributed by atoms with Gasteiger partial charge in [-0.2, -0.15) is 0 Å². The van der Waals surface area contributed by atoms with E-state index in [2.05, 4.69) is 24.5 Å². The van der Waals surface area contributed by atoms with E-state index in [-0.39, 0.29) is 11.9 Å². The number of hydrogen-bond donors (Lipinski definition) is 2. The van der Waals surface area contributed by atoms with Crippen molar-refractivity contribution in [2.45, 2.75) is 26.3 Å². The molecule has 0 aromatic heterocycles. The van der Waals surface area contributed by atoms with Crippen LogP contribution in [0, 0.1) is 5.92 Å². The van der Waals surface area contributed by atoms with Gasteiger partial charge in [-0.05, 0) is 19.4 Å². The molecule has 11 heavy (non-hydrogen) atoms. The molecule has 0 heterocycles. The highest BCUT2D eigenvalue weighted by molar-refractivity contribution is 5.81. The van der Waals surface area contributed by atoms with Crippen LogP contribution < -0.4 is 10.6 Å². The third-order valence-electron chi connectivity index (χ3n) is 1.62. The molecule has 2 N–H and O–H groups in total. The average molecular weight is 158 g/mol. The Balaban J connectivity index is 3.84. The van der Waals surface area contributed by atoms with Gasteiger partial charge in [0.05, 0.1) is 6.04 Å². The minimum absolute atomic E-state index is 0.0417. The van der Waals surface area contributed by atoms with Gasteiger partial charge in [0.25, 0.3) is 0 Å². The third-order valence-corrected chi connectivity index (χ3v) is 1.62. The lowest BCUT2D eigenvalue weighted by Crippen LogP contribution is -2.41. The predicted molar refractivity (Wildman–Crippen MR) is 46.4 cm³/mol. The molecule has 3 heteroatoms. The molecule has 0 rings (SSSR count). The number of likely N-dealkylation sites (N-methyl/N-ethyl adjacent to an activating group) is 2. The van der Waals surface area contributed by atoms with E-state index in [1.165, 1.54) is 0 Å². The van der Waals surface area contributed by atoms with E-state index >= 15 is 0 Å². The SMILES string of the molecule is CNC(=O)[C@H](CC(C)C)NC. The van der Waals surface area contributed by atoms with Gasteiger partial charge in [0.15, 0.2) is 0 Å². The van der Waals surface area contributed by atoms with Crippen molar-refractivity contribution < 1.29 is 4.79 Å². The van der Waals surface area contributed by atoms with Gasteiger partial charge in [-0.15, -0.1) is 0 Å². The molecule has 0 aromatic rings. The molecular weight excluding hydrogens is 140 g/mol. The number of rotatable bonds is 4. The predicted octanol–water partition coefficient (Wildman–Crippen LogP) is 0.366. The lowest BCUT2D eigenvalue weighted by atomic mass is 10.0. The fourth-order valence-electron chi connectivity index (χ4n) is 1.00. The fourth-order valence-corrected chi connectivity index (χ4v) is 1.00. The first-order chi connectivity index (χ1) is 5.11. The molecule has 0 spiro atoms. The molecule has 0 saturated carbocycles. The molecule has 66 valence electrons. The van der Waals surface area contributed by atoms with Crippen molar-refractivity contribution in [3.8, 4) is 0 Å². The highest BCUT2D eigenvalue weighted by Gasteiger charge is 2.15. The van der Waals surface area contributed by atoms with Gasteiger partial charge in [0.1, 0.15) is 0 Å². The number of hydrogen-bond acceptors (Lipinski definition) is 2. The molecule has 0 bridgehead atoms. The van der Waals surface area contributed by atoms with E-state index in [0.717, 1.165) is 6.42 Å². The van der Waals surface area contributed by atoms with Crippen molar-refractivity contribution in [3.63, 3.8) is 0 Å². The Morgan fingerprint density at radius 3 is 2.18 bits per heavy atom. The quantitative estimate of drug-likeness (QED) is 0.620. The fraction of sp³-hybridized carbons (Fsp3) is 0.875. The van der Waals surface area contributed by atoms with Crippen LogP contribution >= 0.6 is 0 Å². The summed E-state index contributed by atoms with van der Waals surface area (Å²) in [5.41, 5.74) is 0. The van der Waals surface area contributed by atoms with E-state index in [9.17, 15) is 4.79 Å². The summed E-state index contributed by atoms with van der Waals surface area (Å²) in [6.07, 6.45) is 0.885. The molecular formula is C8H18N2O. The topological polar surface area (TPSA) is 41.1 Å². The Bertz CT molecular complexity index is 123. The van der Waals surface area contributed by atoms with Gasteiger partial charge in [0.2, 0.25) is 5.91 Å². The van der Waals surface area contributed by atoms with Crippen molar-refractivity contribution in [2.75, 3.05) is 14.1 Å². The lowest BCUT2D eigenvalue weighted by molar-refractivity contribution is -0.122. The Labute approximate surface area is 68.6 Å². The van der Waals surface area contributed by atoms with Crippen LogP contribution in [-0.2, 0) is 4.79 Å². The molecule has 0 aliphatic heterocycles. The third kappa shape index (κ3) is 3.98. The van der Waals surface area contributed by atoms with Crippen LogP contribution in [0.2, 0.25) is 0 Å². The minimum Gasteiger partial charge on any atom is -0.358 e. The first-order valence-corrected chi connectivity index (χ1v) is 4.00. The Morgan fingerprint density at radius 1 is 1.36 bits per heavy atom. The Morgan fingerprint density at radius 2 is 1.91 bits per heavy atom. The Kier molecular flexibility index (Phi) is 4.86. The van der Waals surface area contributed by atoms with Crippen LogP contribution in [0.4, 0.5) is 0 Å². The van der Waals surface area contributed by atoms with Crippen molar-refractivity contribution >= 4 is 5.91 Å². The van der Waals surface area contributed by atoms with E-state index < -0.39 is 0 Å². The molecule has 0 aromatic carbocycles. The summed E-state index contributed by atoms with van der Waals surface area (Å²) in [7, 11) is 3.47. The summed E-state index contributed by atoms with van der Waals surface area (Å²) in [5.74, 6) is 0.617. The van der Waals surface area contributed by atoms with E-state index in [1.807, 2.05) is 7.05 Å². The van der Waals surface area contributed by atoms with Crippen LogP contribution in [-0.4, -0.2) is 26.0 Å². The number of carbonyl (C=O) groups excluding carboxylic acids is 1. The maximum absolute atomic E-state index is 11.1. The second kappa shape index (κ2) is 5.13. The number of amides is 1. The summed E-state index contributed by atoms with van der Waals surface area (Å²) < 4.78 is 0. The molecule has 0 fully saturated rings. The first-order valence-electron chi connectivity index (χ1n) is 4.00. The van der Waals surface area contributed by atoms with Crippen molar-refractivity contribution in [3.05, 3.63) is 0 Å². The molecule has 0 aliphatic rings. The van der Waals surface area contributed by atoms with Gasteiger partial charge >= 0.3 is 0 Å². The van der Waals surface area contributed by atoms with Crippen LogP contribution in [0.25, 0.3) is 0 Å². The second-order valence-corrected chi connectivity index (χ2v) is 3.09. The largest absolute Gasteiger partial charge is 0.358 e. The zero-order chi connectivity index (χ0) is 8.85. The molecule has 1 amide bonds. The van der Waals surface area contributed by atoms with Gasteiger partial charge in [-0.25, -0.2) is 0 Å². The van der Waals surface area contributed by atoms with E-state index in [4.69, 9.17) is 0 Å². The summed E-state index contributed by atoms with van der Waals surface area (Å²) >= 11 is 0. The van der Waals surface area contributed by atoms with Crippen molar-refractivity contribution in [2.24, 2.45) is 5.92 Å². The van der Waals surface area contributed by atoms with Crippen molar-refractivity contribution in [1.29, 1.82) is 0 Å². The summed E-state index contributed by atoms with van der Waals surface area (Å²) in [6.45, 7) is 4.21. The second-order valence-electron chi connectivity index (χ2n) is 3.09. The number of nitrogens with one attached hydrogen (secondary N) is 2. The molecule has 0 unspecified atom stereocenters. The summed E-state index contributed by atoms with van der Waals surface area (Å²) in [5, 5.41) is 5.59. The molecule has 0 saturated heterocycles. The maximum atomic E-state index is 11.1. The summed E-state index contributed by atoms with van der Waals surface area (Å²) in [4.78, 5) is 11.1. The molecule has 0 radical (unpaired) electrons. The van der Waals surface area contributed by atoms with Crippen LogP contribution in [0.3, 0.4) is 0 Å². The monoisotopic (exact) mass is 158 g/mol. The van der Waals surface area contributed by atoms with Gasteiger partial charge in [0, 0.05) is 7.05 Å². The molecule has 1 atom stereocenters. The first kappa shape index (κ1) is 10.4. The van der Waals surface area contributed by atoms with Gasteiger partial charge < -0.3 is 10.6 Å². The average Bonchev–Trinajstić information content (AvgIpc) is 1.98. The maximum Gasteiger partial charge on any atom is 0.236 e. The van der Waals surface area contributed by atoms with E-state index in [1.54, 1.807) is 7.05 Å². The van der Waals surface area contributed by atoms with Crippen LogP contribution in [0.1, 0.15) is 20.3 Å². The minimum atomic E-state index is -0.0417. The van der Waals surface area contributed by atoms with Crippen LogP contribution in [0.15, 0.2) is 0 Å². The smallest absolute Gasteiger partial charge is 0.236 e. The normalized spacial score (nSPS) is 13.2. The highest BCUT2D eigenvalue weighted by Crippen LogP contribution is 2.03.